The van der Waals surface area contributed by atoms with E-state index in [1.807, 2.05) is 20.8 Å². The van der Waals surface area contributed by atoms with Crippen LogP contribution in [-0.2, 0) is 6.54 Å². The highest BCUT2D eigenvalue weighted by atomic mass is 35.5. The number of hydrogen-bond acceptors (Lipinski definition) is 3. The minimum Gasteiger partial charge on any atom is -0.507 e. The quantitative estimate of drug-likeness (QED) is 0.760. The van der Waals surface area contributed by atoms with E-state index >= 15 is 0 Å². The van der Waals surface area contributed by atoms with Crippen molar-refractivity contribution in [1.29, 1.82) is 0 Å². The van der Waals surface area contributed by atoms with Crippen LogP contribution in [0.15, 0.2) is 12.1 Å². The molecule has 4 heteroatoms. The first-order chi connectivity index (χ1) is 7.91. The molecule has 96 valence electrons. The number of aliphatic hydroxyl groups excluding tert-OH is 1. The van der Waals surface area contributed by atoms with Crippen LogP contribution >= 0.6 is 11.6 Å². The zero-order valence-corrected chi connectivity index (χ0v) is 11.3. The molecule has 1 aromatic carbocycles. The van der Waals surface area contributed by atoms with Gasteiger partial charge in [0.2, 0.25) is 0 Å². The van der Waals surface area contributed by atoms with Gasteiger partial charge in [-0.3, -0.25) is 0 Å². The number of halogens is 1. The predicted octanol–water partition coefficient (Wildman–Crippen LogP) is 2.46. The summed E-state index contributed by atoms with van der Waals surface area (Å²) >= 11 is 5.93. The number of benzene rings is 1. The Kier molecular flexibility index (Phi) is 5.25. The Balaban J connectivity index is 2.58. The molecule has 1 atom stereocenters. The second kappa shape index (κ2) is 6.24. The average Bonchev–Trinajstić information content (AvgIpc) is 2.24. The molecule has 0 aliphatic rings. The Bertz CT molecular complexity index is 380. The first-order valence-electron chi connectivity index (χ1n) is 5.78. The number of aromatic hydroxyl groups is 1. The van der Waals surface area contributed by atoms with E-state index in [-0.39, 0.29) is 17.8 Å². The molecule has 0 fully saturated rings. The van der Waals surface area contributed by atoms with E-state index in [1.54, 1.807) is 12.1 Å². The Morgan fingerprint density at radius 2 is 2.00 bits per heavy atom. The number of aryl methyl sites for hydroxylation is 1. The van der Waals surface area contributed by atoms with E-state index in [9.17, 15) is 10.2 Å². The molecule has 3 nitrogen and oxygen atoms in total. The van der Waals surface area contributed by atoms with Gasteiger partial charge < -0.3 is 15.5 Å². The Hall–Kier alpha value is -0.770. The molecule has 1 aromatic rings. The van der Waals surface area contributed by atoms with Crippen molar-refractivity contribution in [3.8, 4) is 5.75 Å². The minimum absolute atomic E-state index is 0.220. The lowest BCUT2D eigenvalue weighted by Crippen LogP contribution is -2.30. The third-order valence-corrected chi connectivity index (χ3v) is 3.00. The highest BCUT2D eigenvalue weighted by Crippen LogP contribution is 2.26. The van der Waals surface area contributed by atoms with Gasteiger partial charge in [-0.15, -0.1) is 0 Å². The zero-order valence-electron chi connectivity index (χ0n) is 10.5. The van der Waals surface area contributed by atoms with Crippen LogP contribution < -0.4 is 5.32 Å². The summed E-state index contributed by atoms with van der Waals surface area (Å²) in [6.07, 6.45) is -0.377. The van der Waals surface area contributed by atoms with Gasteiger partial charge in [0.25, 0.3) is 0 Å². The number of nitrogens with one attached hydrogen (secondary N) is 1. The maximum atomic E-state index is 9.84. The van der Waals surface area contributed by atoms with Gasteiger partial charge in [-0.25, -0.2) is 0 Å². The normalized spacial score (nSPS) is 13.1. The van der Waals surface area contributed by atoms with Gasteiger partial charge in [0.1, 0.15) is 5.75 Å². The lowest BCUT2D eigenvalue weighted by atomic mass is 10.1. The molecule has 0 heterocycles. The maximum Gasteiger partial charge on any atom is 0.123 e. The molecule has 0 saturated carbocycles. The first-order valence-corrected chi connectivity index (χ1v) is 6.16. The molecule has 0 spiro atoms. The summed E-state index contributed by atoms with van der Waals surface area (Å²) in [4.78, 5) is 0. The fraction of sp³-hybridized carbons (Fsp3) is 0.538. The van der Waals surface area contributed by atoms with E-state index < -0.39 is 0 Å². The number of aliphatic hydroxyl groups is 1. The number of hydrogen-bond donors (Lipinski definition) is 3. The summed E-state index contributed by atoms with van der Waals surface area (Å²) in [5.41, 5.74) is 1.52. The highest BCUT2D eigenvalue weighted by Gasteiger charge is 2.10. The Morgan fingerprint density at radius 3 is 2.59 bits per heavy atom. The van der Waals surface area contributed by atoms with E-state index in [0.717, 1.165) is 11.1 Å². The molecule has 0 amide bonds. The highest BCUT2D eigenvalue weighted by molar-refractivity contribution is 6.30. The Morgan fingerprint density at radius 1 is 1.35 bits per heavy atom. The summed E-state index contributed by atoms with van der Waals surface area (Å²) in [6.45, 7) is 6.74. The summed E-state index contributed by atoms with van der Waals surface area (Å²) in [5, 5.41) is 23.2. The predicted molar refractivity (Wildman–Crippen MR) is 70.4 cm³/mol. The smallest absolute Gasteiger partial charge is 0.123 e. The van der Waals surface area contributed by atoms with Crippen molar-refractivity contribution in [3.05, 3.63) is 28.3 Å². The van der Waals surface area contributed by atoms with Gasteiger partial charge in [-0.1, -0.05) is 25.4 Å². The van der Waals surface area contributed by atoms with Crippen molar-refractivity contribution in [1.82, 2.24) is 5.32 Å². The van der Waals surface area contributed by atoms with E-state index in [1.165, 1.54) is 0 Å². The van der Waals surface area contributed by atoms with E-state index in [0.29, 0.717) is 18.1 Å². The van der Waals surface area contributed by atoms with Crippen LogP contribution in [0.3, 0.4) is 0 Å². The summed E-state index contributed by atoms with van der Waals surface area (Å²) in [5.74, 6) is 0.484. The van der Waals surface area contributed by atoms with Crippen LogP contribution in [0.2, 0.25) is 5.02 Å². The van der Waals surface area contributed by atoms with Crippen molar-refractivity contribution in [2.24, 2.45) is 5.92 Å². The maximum absolute atomic E-state index is 9.84. The van der Waals surface area contributed by atoms with Crippen LogP contribution in [0, 0.1) is 12.8 Å². The minimum atomic E-state index is -0.377. The van der Waals surface area contributed by atoms with Crippen LogP contribution in [0.1, 0.15) is 25.0 Å². The topological polar surface area (TPSA) is 52.5 Å². The Labute approximate surface area is 107 Å². The molecule has 0 aliphatic heterocycles. The number of rotatable bonds is 5. The summed E-state index contributed by atoms with van der Waals surface area (Å²) < 4.78 is 0. The van der Waals surface area contributed by atoms with Crippen molar-refractivity contribution in [2.75, 3.05) is 6.54 Å². The van der Waals surface area contributed by atoms with Crippen LogP contribution in [0.4, 0.5) is 0 Å². The molecule has 0 aromatic heterocycles. The van der Waals surface area contributed by atoms with Gasteiger partial charge in [-0.05, 0) is 30.5 Å². The average molecular weight is 258 g/mol. The lowest BCUT2D eigenvalue weighted by molar-refractivity contribution is 0.123. The molecule has 17 heavy (non-hydrogen) atoms. The SMILES string of the molecule is Cc1cc(Cl)cc(CNCC(O)C(C)C)c1O. The largest absolute Gasteiger partial charge is 0.507 e. The molecule has 0 saturated heterocycles. The summed E-state index contributed by atoms with van der Waals surface area (Å²) in [6, 6.07) is 3.46. The van der Waals surface area contributed by atoms with Gasteiger partial charge in [0.15, 0.2) is 0 Å². The molecule has 1 rings (SSSR count). The van der Waals surface area contributed by atoms with Crippen molar-refractivity contribution < 1.29 is 10.2 Å². The molecule has 3 N–H and O–H groups in total. The van der Waals surface area contributed by atoms with Gasteiger partial charge in [0, 0.05) is 23.7 Å². The van der Waals surface area contributed by atoms with Gasteiger partial charge in [-0.2, -0.15) is 0 Å². The van der Waals surface area contributed by atoms with E-state index in [4.69, 9.17) is 11.6 Å². The molecular formula is C13H20ClNO2. The molecule has 0 bridgehead atoms. The van der Waals surface area contributed by atoms with Gasteiger partial charge >= 0.3 is 0 Å². The zero-order chi connectivity index (χ0) is 13.0. The lowest BCUT2D eigenvalue weighted by Gasteiger charge is -2.16. The third kappa shape index (κ3) is 4.19. The van der Waals surface area contributed by atoms with Crippen molar-refractivity contribution in [3.63, 3.8) is 0 Å². The van der Waals surface area contributed by atoms with Crippen LogP contribution in [-0.4, -0.2) is 22.9 Å². The van der Waals surface area contributed by atoms with E-state index in [2.05, 4.69) is 5.32 Å². The van der Waals surface area contributed by atoms with Gasteiger partial charge in [0.05, 0.1) is 6.10 Å². The fourth-order valence-corrected chi connectivity index (χ4v) is 1.83. The standard InChI is InChI=1S/C13H20ClNO2/c1-8(2)12(16)7-15-6-10-5-11(14)4-9(3)13(10)17/h4-5,8,12,15-17H,6-7H2,1-3H3. The molecular weight excluding hydrogens is 238 g/mol. The van der Waals surface area contributed by atoms with Crippen molar-refractivity contribution >= 4 is 11.6 Å². The molecule has 0 aliphatic carbocycles. The third-order valence-electron chi connectivity index (χ3n) is 2.78. The molecule has 1 unspecified atom stereocenters. The fourth-order valence-electron chi connectivity index (χ4n) is 1.53. The summed E-state index contributed by atoms with van der Waals surface area (Å²) in [7, 11) is 0. The van der Waals surface area contributed by atoms with Crippen molar-refractivity contribution in [2.45, 2.75) is 33.4 Å². The molecule has 0 radical (unpaired) electrons. The first kappa shape index (κ1) is 14.3. The van der Waals surface area contributed by atoms with Crippen LogP contribution in [0.5, 0.6) is 5.75 Å². The number of phenolic OH excluding ortho intramolecular Hbond substituents is 1. The van der Waals surface area contributed by atoms with Crippen LogP contribution in [0.25, 0.3) is 0 Å². The second-order valence-corrected chi connectivity index (χ2v) is 5.11. The monoisotopic (exact) mass is 257 g/mol. The number of phenols is 1. The second-order valence-electron chi connectivity index (χ2n) is 4.67.